The zero-order valence-electron chi connectivity index (χ0n) is 15.3. The van der Waals surface area contributed by atoms with Crippen molar-refractivity contribution in [3.05, 3.63) is 0 Å². The van der Waals surface area contributed by atoms with Crippen LogP contribution in [0, 0.1) is 0 Å². The smallest absolute Gasteiger partial charge is 0.217 e. The molecule has 0 saturated carbocycles. The summed E-state index contributed by atoms with van der Waals surface area (Å²) in [6, 6.07) is 0. The second-order valence-corrected chi connectivity index (χ2v) is 8.15. The molecule has 0 unspecified atom stereocenters. The van der Waals surface area contributed by atoms with Crippen molar-refractivity contribution < 1.29 is 21.6 Å². The van der Waals surface area contributed by atoms with Crippen LogP contribution < -0.4 is 0 Å². The number of quaternary nitrogens is 1. The Kier molecular flexibility index (Phi) is 15.8. The highest BCUT2D eigenvalue weighted by atomic mass is 32.3. The third-order valence-corrected chi connectivity index (χ3v) is 3.18. The third kappa shape index (κ3) is 36.8. The molecule has 0 aliphatic rings. The van der Waals surface area contributed by atoms with E-state index in [2.05, 4.69) is 39.3 Å². The highest BCUT2D eigenvalue weighted by molar-refractivity contribution is 7.80. The van der Waals surface area contributed by atoms with Crippen molar-refractivity contribution in [1.82, 2.24) is 0 Å². The maximum atomic E-state index is 10.1. The molecule has 6 heteroatoms. The molecule has 0 spiro atoms. The minimum atomic E-state index is -4.48. The zero-order valence-corrected chi connectivity index (χ0v) is 16.1. The molecule has 0 heterocycles. The minimum absolute atomic E-state index is 0.0301. The predicted octanol–water partition coefficient (Wildman–Crippen LogP) is 3.71. The molecule has 0 aliphatic carbocycles. The fourth-order valence-electron chi connectivity index (χ4n) is 1.75. The maximum Gasteiger partial charge on any atom is 0.217 e. The molecule has 0 rings (SSSR count). The molecule has 0 saturated heterocycles. The fraction of sp³-hybridized carbons (Fsp3) is 1.00. The van der Waals surface area contributed by atoms with Gasteiger partial charge in [0.05, 0.1) is 34.8 Å². The van der Waals surface area contributed by atoms with E-state index < -0.39 is 10.4 Å². The summed E-state index contributed by atoms with van der Waals surface area (Å²) < 4.78 is 35.5. The number of rotatable bonds is 12. The summed E-state index contributed by atoms with van der Waals surface area (Å²) in [6.45, 7) is 2.24. The molecular weight excluding hydrogens is 302 g/mol. The molecule has 0 aromatic heterocycles. The quantitative estimate of drug-likeness (QED) is 0.235. The second-order valence-electron chi connectivity index (χ2n) is 7.10. The van der Waals surface area contributed by atoms with E-state index in [1.54, 1.807) is 0 Å². The van der Waals surface area contributed by atoms with Crippen LogP contribution in [-0.2, 0) is 14.6 Å². The van der Waals surface area contributed by atoms with E-state index in [9.17, 15) is 13.0 Å². The maximum absolute atomic E-state index is 10.1. The summed E-state index contributed by atoms with van der Waals surface area (Å²) in [5.74, 6) is 0. The van der Waals surface area contributed by atoms with E-state index >= 15 is 0 Å². The van der Waals surface area contributed by atoms with E-state index in [0.29, 0.717) is 6.42 Å². The second kappa shape index (κ2) is 14.4. The van der Waals surface area contributed by atoms with Crippen molar-refractivity contribution in [2.45, 2.75) is 71.1 Å². The van der Waals surface area contributed by atoms with Crippen LogP contribution in [0.25, 0.3) is 0 Å². The molecule has 22 heavy (non-hydrogen) atoms. The van der Waals surface area contributed by atoms with E-state index in [-0.39, 0.29) is 6.61 Å². The van der Waals surface area contributed by atoms with E-state index in [1.807, 2.05) is 0 Å². The first kappa shape index (κ1) is 24.1. The number of hydrogen-bond acceptors (Lipinski definition) is 4. The number of hydrogen-bond donors (Lipinski definition) is 0. The normalized spacial score (nSPS) is 11.9. The Morgan fingerprint density at radius 1 is 0.773 bits per heavy atom. The fourth-order valence-corrected chi connectivity index (χ4v) is 2.07. The Hall–Kier alpha value is -0.170. The van der Waals surface area contributed by atoms with E-state index in [4.69, 9.17) is 0 Å². The lowest BCUT2D eigenvalue weighted by Gasteiger charge is -2.14. The Balaban J connectivity index is 0. The molecule has 0 N–H and O–H groups in total. The van der Waals surface area contributed by atoms with Crippen LogP contribution in [0.3, 0.4) is 0 Å². The summed E-state index contributed by atoms with van der Waals surface area (Å²) in [5, 5.41) is 0. The van der Waals surface area contributed by atoms with Crippen molar-refractivity contribution in [1.29, 1.82) is 0 Å². The first-order valence-electron chi connectivity index (χ1n) is 8.45. The van der Waals surface area contributed by atoms with Crippen LogP contribution in [0.2, 0.25) is 0 Å². The van der Waals surface area contributed by atoms with E-state index in [1.165, 1.54) is 44.9 Å². The number of nitrogens with zero attached hydrogens (tertiary/aromatic N) is 1. The average molecular weight is 340 g/mol. The average Bonchev–Trinajstić information content (AvgIpc) is 2.32. The van der Waals surface area contributed by atoms with Gasteiger partial charge in [-0.2, -0.15) is 0 Å². The molecule has 0 aromatic carbocycles. The Labute approximate surface area is 138 Å². The van der Waals surface area contributed by atoms with E-state index in [0.717, 1.165) is 17.3 Å². The lowest BCUT2D eigenvalue weighted by atomic mass is 10.1. The van der Waals surface area contributed by atoms with Gasteiger partial charge in [0.1, 0.15) is 0 Å². The molecular formula is C16H37NO4S. The van der Waals surface area contributed by atoms with Crippen molar-refractivity contribution in [3.8, 4) is 0 Å². The molecule has 0 aliphatic heterocycles. The van der Waals surface area contributed by atoms with Crippen LogP contribution in [0.15, 0.2) is 0 Å². The molecule has 136 valence electrons. The molecule has 0 amide bonds. The summed E-state index contributed by atoms with van der Waals surface area (Å²) in [4.78, 5) is 0. The molecule has 5 nitrogen and oxygen atoms in total. The summed E-state index contributed by atoms with van der Waals surface area (Å²) in [7, 11) is 4.02. The standard InChI is InChI=1S/C12H26O4S.C4H12N/c1-2-3-4-5-6-7-8-9-10-11-12-16-17(13,14)15;1-5(2,3)4/h2-12H2,1H3,(H,13,14,15);1-4H3/q;+1/p-1. The lowest BCUT2D eigenvalue weighted by Crippen LogP contribution is -2.27. The topological polar surface area (TPSA) is 66.4 Å². The van der Waals surface area contributed by atoms with Crippen LogP contribution in [0.4, 0.5) is 0 Å². The Morgan fingerprint density at radius 3 is 1.41 bits per heavy atom. The predicted molar refractivity (Wildman–Crippen MR) is 91.4 cm³/mol. The number of unbranched alkanes of at least 4 members (excludes halogenated alkanes) is 9. The van der Waals surface area contributed by atoms with Gasteiger partial charge in [0, 0.05) is 0 Å². The monoisotopic (exact) mass is 339 g/mol. The van der Waals surface area contributed by atoms with Crippen LogP contribution in [0.5, 0.6) is 0 Å². The van der Waals surface area contributed by atoms with Crippen LogP contribution in [-0.4, -0.2) is 52.3 Å². The summed E-state index contributed by atoms with van der Waals surface area (Å²) in [6.07, 6.45) is 11.7. The van der Waals surface area contributed by atoms with Gasteiger partial charge in [-0.1, -0.05) is 64.7 Å². The Bertz CT molecular complexity index is 318. The van der Waals surface area contributed by atoms with Gasteiger partial charge in [0.25, 0.3) is 0 Å². The van der Waals surface area contributed by atoms with Gasteiger partial charge in [-0.05, 0) is 6.42 Å². The minimum Gasteiger partial charge on any atom is -0.726 e. The van der Waals surface area contributed by atoms with Gasteiger partial charge >= 0.3 is 0 Å². The van der Waals surface area contributed by atoms with Crippen molar-refractivity contribution >= 4 is 10.4 Å². The molecule has 0 atom stereocenters. The van der Waals surface area contributed by atoms with Crippen molar-refractivity contribution in [3.63, 3.8) is 0 Å². The van der Waals surface area contributed by atoms with Gasteiger partial charge in [0.15, 0.2) is 0 Å². The highest BCUT2D eigenvalue weighted by Crippen LogP contribution is 2.10. The summed E-state index contributed by atoms with van der Waals surface area (Å²) in [5.41, 5.74) is 0. The van der Waals surface area contributed by atoms with Gasteiger partial charge in [-0.25, -0.2) is 8.42 Å². The van der Waals surface area contributed by atoms with Crippen LogP contribution >= 0.6 is 0 Å². The Morgan fingerprint density at radius 2 is 1.09 bits per heavy atom. The first-order chi connectivity index (χ1) is 10.1. The molecule has 0 radical (unpaired) electrons. The molecule has 0 aromatic rings. The van der Waals surface area contributed by atoms with Crippen LogP contribution in [0.1, 0.15) is 71.1 Å². The SMILES string of the molecule is CCCCCCCCCCCCOS(=O)(=O)[O-].C[N+](C)(C)C. The highest BCUT2D eigenvalue weighted by Gasteiger charge is 1.95. The first-order valence-corrected chi connectivity index (χ1v) is 9.78. The summed E-state index contributed by atoms with van der Waals surface area (Å²) >= 11 is 0. The third-order valence-electron chi connectivity index (χ3n) is 2.73. The lowest BCUT2D eigenvalue weighted by molar-refractivity contribution is -0.849. The van der Waals surface area contributed by atoms with Crippen molar-refractivity contribution in [2.24, 2.45) is 0 Å². The zero-order chi connectivity index (χ0) is 17.5. The molecule has 0 bridgehead atoms. The largest absolute Gasteiger partial charge is 0.726 e. The van der Waals surface area contributed by atoms with Gasteiger partial charge < -0.3 is 9.04 Å². The molecule has 0 fully saturated rings. The van der Waals surface area contributed by atoms with Gasteiger partial charge in [-0.15, -0.1) is 0 Å². The van der Waals surface area contributed by atoms with Gasteiger partial charge in [-0.3, -0.25) is 4.18 Å². The van der Waals surface area contributed by atoms with Gasteiger partial charge in [0.2, 0.25) is 10.4 Å². The van der Waals surface area contributed by atoms with Crippen molar-refractivity contribution in [2.75, 3.05) is 34.8 Å².